The van der Waals surface area contributed by atoms with Gasteiger partial charge in [-0.05, 0) is 43.7 Å². The minimum Gasteiger partial charge on any atom is -0.507 e. The molecule has 1 atom stereocenters. The Morgan fingerprint density at radius 1 is 1.12 bits per heavy atom. The molecule has 208 valence electrons. The summed E-state index contributed by atoms with van der Waals surface area (Å²) < 4.78 is 59.2. The first-order chi connectivity index (χ1) is 19.0. The number of alkyl halides is 2. The van der Waals surface area contributed by atoms with Gasteiger partial charge >= 0.3 is 11.8 Å². The number of anilines is 1. The molecule has 1 aromatic carbocycles. The molecule has 0 bridgehead atoms. The lowest BCUT2D eigenvalue weighted by atomic mass is 10.1. The number of carboxylic acid groups (broad SMARTS) is 1. The van der Waals surface area contributed by atoms with E-state index in [2.05, 4.69) is 15.0 Å². The number of phenolic OH excluding ortho intramolecular Hbond substituents is 1. The number of aromatic hydroxyl groups is 1. The van der Waals surface area contributed by atoms with Crippen LogP contribution in [0.3, 0.4) is 0 Å². The Labute approximate surface area is 223 Å². The van der Waals surface area contributed by atoms with Crippen molar-refractivity contribution in [3.63, 3.8) is 0 Å². The number of fused-ring (bicyclic) bond motifs is 1. The number of hydrogen-bond donors (Lipinski definition) is 2. The summed E-state index contributed by atoms with van der Waals surface area (Å²) in [4.78, 5) is 39.8. The molecule has 0 saturated carbocycles. The third-order valence-electron chi connectivity index (χ3n) is 6.78. The number of piperazine rings is 1. The standard InChI is InChI=1S/C26H22F4N6O4/c1-12-6-7-31-20(22(29)30)21(12)36-24-14(10-16(28)19(32-24)18-15(27)4-3-5-17(18)37)23(33-25(36)38)35-9-8-34(26(39)40)11-13(35)2/h3-7,10,13,22,37H,8-9,11H2,1-2H3,(H,39,40). The van der Waals surface area contributed by atoms with Gasteiger partial charge < -0.3 is 20.0 Å². The fourth-order valence-electron chi connectivity index (χ4n) is 4.92. The smallest absolute Gasteiger partial charge is 0.407 e. The average Bonchev–Trinajstić information content (AvgIpc) is 2.89. The molecule has 5 rings (SSSR count). The molecule has 1 unspecified atom stereocenters. The van der Waals surface area contributed by atoms with E-state index < -0.39 is 58.6 Å². The van der Waals surface area contributed by atoms with Gasteiger partial charge in [-0.3, -0.25) is 4.98 Å². The number of carbonyl (C=O) groups is 1. The van der Waals surface area contributed by atoms with Crippen LogP contribution in [0.25, 0.3) is 28.0 Å². The molecular weight excluding hydrogens is 536 g/mol. The highest BCUT2D eigenvalue weighted by atomic mass is 19.3. The number of halogens is 4. The van der Waals surface area contributed by atoms with Crippen LogP contribution < -0.4 is 10.6 Å². The quantitative estimate of drug-likeness (QED) is 0.356. The highest BCUT2D eigenvalue weighted by Gasteiger charge is 2.31. The van der Waals surface area contributed by atoms with E-state index in [1.54, 1.807) is 11.8 Å². The van der Waals surface area contributed by atoms with Gasteiger partial charge in [0.2, 0.25) is 0 Å². The Hall–Kier alpha value is -4.75. The van der Waals surface area contributed by atoms with Crippen LogP contribution in [-0.4, -0.2) is 66.4 Å². The molecule has 4 aromatic rings. The Kier molecular flexibility index (Phi) is 6.77. The maximum Gasteiger partial charge on any atom is 0.407 e. The fraction of sp³-hybridized carbons (Fsp3) is 0.269. The van der Waals surface area contributed by atoms with Crippen molar-refractivity contribution >= 4 is 22.9 Å². The predicted molar refractivity (Wildman–Crippen MR) is 136 cm³/mol. The Balaban J connectivity index is 1.86. The van der Waals surface area contributed by atoms with Crippen LogP contribution in [0.15, 0.2) is 41.3 Å². The SMILES string of the molecule is Cc1ccnc(C(F)F)c1-n1c(=O)nc(N2CCN(C(=O)O)CC2C)c2cc(F)c(-c3c(O)cccc3F)nc21. The van der Waals surface area contributed by atoms with Gasteiger partial charge in [-0.2, -0.15) is 4.98 Å². The molecule has 1 amide bonds. The molecule has 1 saturated heterocycles. The van der Waals surface area contributed by atoms with Crippen molar-refractivity contribution in [1.82, 2.24) is 24.4 Å². The minimum atomic E-state index is -3.10. The number of benzene rings is 1. The molecule has 1 fully saturated rings. The summed E-state index contributed by atoms with van der Waals surface area (Å²) in [7, 11) is 0. The van der Waals surface area contributed by atoms with Crippen molar-refractivity contribution in [3.8, 4) is 22.7 Å². The summed E-state index contributed by atoms with van der Waals surface area (Å²) >= 11 is 0. The van der Waals surface area contributed by atoms with Crippen molar-refractivity contribution in [1.29, 1.82) is 0 Å². The molecule has 0 aliphatic carbocycles. The highest BCUT2D eigenvalue weighted by Crippen LogP contribution is 2.37. The lowest BCUT2D eigenvalue weighted by Crippen LogP contribution is -2.54. The molecule has 2 N–H and O–H groups in total. The summed E-state index contributed by atoms with van der Waals surface area (Å²) in [5.74, 6) is -2.75. The lowest BCUT2D eigenvalue weighted by molar-refractivity contribution is 0.136. The highest BCUT2D eigenvalue weighted by molar-refractivity contribution is 5.91. The van der Waals surface area contributed by atoms with E-state index in [9.17, 15) is 33.0 Å². The number of phenols is 1. The maximum atomic E-state index is 15.6. The monoisotopic (exact) mass is 558 g/mol. The zero-order valence-corrected chi connectivity index (χ0v) is 21.1. The largest absolute Gasteiger partial charge is 0.507 e. The fourth-order valence-corrected chi connectivity index (χ4v) is 4.92. The second-order valence-corrected chi connectivity index (χ2v) is 9.31. The number of amides is 1. The van der Waals surface area contributed by atoms with Crippen LogP contribution in [-0.2, 0) is 0 Å². The molecule has 14 heteroatoms. The van der Waals surface area contributed by atoms with E-state index in [0.717, 1.165) is 29.0 Å². The molecular formula is C26H22F4N6O4. The summed E-state index contributed by atoms with van der Waals surface area (Å²) in [5, 5.41) is 19.6. The van der Waals surface area contributed by atoms with Crippen LogP contribution in [0, 0.1) is 18.6 Å². The van der Waals surface area contributed by atoms with Crippen LogP contribution in [0.4, 0.5) is 28.2 Å². The van der Waals surface area contributed by atoms with Crippen molar-refractivity contribution < 1.29 is 32.6 Å². The molecule has 1 aliphatic heterocycles. The average molecular weight is 558 g/mol. The van der Waals surface area contributed by atoms with Gasteiger partial charge in [-0.25, -0.2) is 36.7 Å². The van der Waals surface area contributed by atoms with E-state index >= 15 is 4.39 Å². The van der Waals surface area contributed by atoms with Crippen molar-refractivity contribution in [3.05, 3.63) is 69.9 Å². The predicted octanol–water partition coefficient (Wildman–Crippen LogP) is 4.26. The van der Waals surface area contributed by atoms with E-state index in [-0.39, 0.29) is 47.7 Å². The Bertz CT molecular complexity index is 1690. The van der Waals surface area contributed by atoms with Crippen LogP contribution >= 0.6 is 0 Å². The number of rotatable bonds is 4. The van der Waals surface area contributed by atoms with Crippen molar-refractivity contribution in [2.24, 2.45) is 0 Å². The number of aryl methyl sites for hydroxylation is 1. The van der Waals surface area contributed by atoms with Crippen molar-refractivity contribution in [2.75, 3.05) is 24.5 Å². The molecule has 40 heavy (non-hydrogen) atoms. The summed E-state index contributed by atoms with van der Waals surface area (Å²) in [6, 6.07) is 5.13. The van der Waals surface area contributed by atoms with E-state index in [4.69, 9.17) is 0 Å². The molecule has 0 radical (unpaired) electrons. The first-order valence-electron chi connectivity index (χ1n) is 12.1. The van der Waals surface area contributed by atoms with Crippen LogP contribution in [0.1, 0.15) is 24.6 Å². The minimum absolute atomic E-state index is 0.0513. The zero-order chi connectivity index (χ0) is 28.9. The van der Waals surface area contributed by atoms with Gasteiger partial charge in [0, 0.05) is 31.9 Å². The van der Waals surface area contributed by atoms with E-state index in [1.165, 1.54) is 24.0 Å². The molecule has 10 nitrogen and oxygen atoms in total. The first-order valence-corrected chi connectivity index (χ1v) is 12.1. The van der Waals surface area contributed by atoms with Crippen LogP contribution in [0.5, 0.6) is 5.75 Å². The third-order valence-corrected chi connectivity index (χ3v) is 6.78. The second-order valence-electron chi connectivity index (χ2n) is 9.31. The van der Waals surface area contributed by atoms with Gasteiger partial charge in [-0.1, -0.05) is 6.07 Å². The Morgan fingerprint density at radius 2 is 1.88 bits per heavy atom. The normalized spacial score (nSPS) is 15.7. The van der Waals surface area contributed by atoms with Gasteiger partial charge in [0.25, 0.3) is 6.43 Å². The molecule has 4 heterocycles. The van der Waals surface area contributed by atoms with Gasteiger partial charge in [-0.15, -0.1) is 0 Å². The van der Waals surface area contributed by atoms with Gasteiger partial charge in [0.15, 0.2) is 11.5 Å². The third kappa shape index (κ3) is 4.44. The zero-order valence-electron chi connectivity index (χ0n) is 21.1. The maximum absolute atomic E-state index is 15.6. The topological polar surface area (TPSA) is 125 Å². The second kappa shape index (κ2) is 10.1. The number of pyridine rings is 2. The molecule has 0 spiro atoms. The van der Waals surface area contributed by atoms with Gasteiger partial charge in [0.1, 0.15) is 28.8 Å². The van der Waals surface area contributed by atoms with Crippen LogP contribution in [0.2, 0.25) is 0 Å². The number of aromatic nitrogens is 4. The molecule has 1 aliphatic rings. The van der Waals surface area contributed by atoms with E-state index in [0.29, 0.717) is 0 Å². The first kappa shape index (κ1) is 26.8. The van der Waals surface area contributed by atoms with Gasteiger partial charge in [0.05, 0.1) is 16.6 Å². The lowest BCUT2D eigenvalue weighted by Gasteiger charge is -2.39. The van der Waals surface area contributed by atoms with Crippen molar-refractivity contribution in [2.45, 2.75) is 26.3 Å². The number of hydrogen-bond acceptors (Lipinski definition) is 7. The summed E-state index contributed by atoms with van der Waals surface area (Å²) in [6.45, 7) is 3.35. The summed E-state index contributed by atoms with van der Waals surface area (Å²) in [6.07, 6.45) is -3.08. The number of nitrogens with zero attached hydrogens (tertiary/aromatic N) is 6. The Morgan fingerprint density at radius 3 is 2.52 bits per heavy atom. The van der Waals surface area contributed by atoms with E-state index in [1.807, 2.05) is 0 Å². The molecule has 3 aromatic heterocycles. The summed E-state index contributed by atoms with van der Waals surface area (Å²) in [5.41, 5.74) is -3.47.